The fourth-order valence-electron chi connectivity index (χ4n) is 1.43. The van der Waals surface area contributed by atoms with Gasteiger partial charge in [0.05, 0.1) is 13.3 Å². The Kier molecular flexibility index (Phi) is 3.59. The third-order valence-corrected chi connectivity index (χ3v) is 4.26. The number of ether oxygens (including phenoxy) is 1. The van der Waals surface area contributed by atoms with E-state index in [2.05, 4.69) is 25.7 Å². The summed E-state index contributed by atoms with van der Waals surface area (Å²) in [5.74, 6) is -0.346. The zero-order chi connectivity index (χ0) is 12.4. The highest BCUT2D eigenvalue weighted by atomic mass is 79.9. The van der Waals surface area contributed by atoms with Gasteiger partial charge in [-0.05, 0) is 18.6 Å². The van der Waals surface area contributed by atoms with Gasteiger partial charge >= 0.3 is 5.97 Å². The quantitative estimate of drug-likeness (QED) is 0.794. The van der Waals surface area contributed by atoms with Crippen LogP contribution in [0, 0.1) is 6.92 Å². The number of esters is 1. The molecule has 17 heavy (non-hydrogen) atoms. The highest BCUT2D eigenvalue weighted by molar-refractivity contribution is 9.10. The van der Waals surface area contributed by atoms with Gasteiger partial charge in [0.15, 0.2) is 0 Å². The lowest BCUT2D eigenvalue weighted by atomic mass is 10.1. The second kappa shape index (κ2) is 4.98. The van der Waals surface area contributed by atoms with Crippen molar-refractivity contribution in [2.24, 2.45) is 0 Å². The van der Waals surface area contributed by atoms with Crippen molar-refractivity contribution in [1.29, 1.82) is 0 Å². The first-order chi connectivity index (χ1) is 8.13. The van der Waals surface area contributed by atoms with E-state index in [-0.39, 0.29) is 5.97 Å². The zero-order valence-electron chi connectivity index (χ0n) is 9.36. The number of nitrogens with zero attached hydrogens (tertiary/aromatic N) is 1. The SMILES string of the molecule is COC(=O)c1cnc(-c2cccc(Br)c2C)s1. The minimum absolute atomic E-state index is 0.346. The molecule has 0 unspecified atom stereocenters. The molecule has 0 radical (unpaired) electrons. The molecule has 0 aliphatic carbocycles. The Morgan fingerprint density at radius 1 is 1.47 bits per heavy atom. The lowest BCUT2D eigenvalue weighted by Crippen LogP contribution is -1.96. The monoisotopic (exact) mass is 311 g/mol. The van der Waals surface area contributed by atoms with Crippen LogP contribution >= 0.6 is 27.3 Å². The van der Waals surface area contributed by atoms with Gasteiger partial charge < -0.3 is 4.74 Å². The van der Waals surface area contributed by atoms with E-state index in [0.29, 0.717) is 4.88 Å². The third kappa shape index (κ3) is 2.40. The smallest absolute Gasteiger partial charge is 0.349 e. The van der Waals surface area contributed by atoms with E-state index in [4.69, 9.17) is 0 Å². The number of aromatic nitrogens is 1. The van der Waals surface area contributed by atoms with Crippen LogP contribution in [0.25, 0.3) is 10.6 Å². The maximum absolute atomic E-state index is 11.3. The van der Waals surface area contributed by atoms with Gasteiger partial charge in [-0.3, -0.25) is 0 Å². The van der Waals surface area contributed by atoms with Gasteiger partial charge in [0.2, 0.25) is 0 Å². The van der Waals surface area contributed by atoms with Crippen molar-refractivity contribution in [1.82, 2.24) is 4.98 Å². The molecular weight excluding hydrogens is 302 g/mol. The molecule has 0 saturated heterocycles. The zero-order valence-corrected chi connectivity index (χ0v) is 11.8. The van der Waals surface area contributed by atoms with Crippen molar-refractivity contribution in [2.45, 2.75) is 6.92 Å². The van der Waals surface area contributed by atoms with E-state index >= 15 is 0 Å². The number of rotatable bonds is 2. The molecule has 1 heterocycles. The molecule has 1 aromatic heterocycles. The van der Waals surface area contributed by atoms with Gasteiger partial charge in [0, 0.05) is 10.0 Å². The van der Waals surface area contributed by atoms with Crippen LogP contribution in [0.4, 0.5) is 0 Å². The standard InChI is InChI=1S/C12H10BrNO2S/c1-7-8(4-3-5-9(7)13)11-14-6-10(17-11)12(15)16-2/h3-6H,1-2H3. The van der Waals surface area contributed by atoms with Gasteiger partial charge in [0.1, 0.15) is 9.88 Å². The van der Waals surface area contributed by atoms with Crippen LogP contribution in [0.15, 0.2) is 28.9 Å². The minimum atomic E-state index is -0.346. The molecule has 0 aliphatic rings. The van der Waals surface area contributed by atoms with Crippen molar-refractivity contribution in [3.8, 4) is 10.6 Å². The number of hydrogen-bond donors (Lipinski definition) is 0. The summed E-state index contributed by atoms with van der Waals surface area (Å²) >= 11 is 4.81. The fraction of sp³-hybridized carbons (Fsp3) is 0.167. The van der Waals surface area contributed by atoms with Gasteiger partial charge in [-0.15, -0.1) is 11.3 Å². The number of thiazole rings is 1. The lowest BCUT2D eigenvalue weighted by Gasteiger charge is -2.03. The molecule has 0 saturated carbocycles. The van der Waals surface area contributed by atoms with E-state index < -0.39 is 0 Å². The average molecular weight is 312 g/mol. The molecule has 88 valence electrons. The van der Waals surface area contributed by atoms with Crippen LogP contribution < -0.4 is 0 Å². The predicted octanol–water partition coefficient (Wildman–Crippen LogP) is 3.67. The third-order valence-electron chi connectivity index (χ3n) is 2.39. The van der Waals surface area contributed by atoms with Crippen LogP contribution in [-0.2, 0) is 4.74 Å². The maximum atomic E-state index is 11.3. The summed E-state index contributed by atoms with van der Waals surface area (Å²) < 4.78 is 5.69. The highest BCUT2D eigenvalue weighted by Crippen LogP contribution is 2.31. The van der Waals surface area contributed by atoms with Crippen LogP contribution in [0.2, 0.25) is 0 Å². The summed E-state index contributed by atoms with van der Waals surface area (Å²) in [6, 6.07) is 5.92. The van der Waals surface area contributed by atoms with E-state index in [1.807, 2.05) is 25.1 Å². The Labute approximate surface area is 112 Å². The number of hydrogen-bond acceptors (Lipinski definition) is 4. The predicted molar refractivity (Wildman–Crippen MR) is 71.3 cm³/mol. The Morgan fingerprint density at radius 3 is 2.94 bits per heavy atom. The molecule has 2 aromatic rings. The molecule has 1 aromatic carbocycles. The molecule has 0 N–H and O–H groups in total. The van der Waals surface area contributed by atoms with Crippen molar-refractivity contribution >= 4 is 33.2 Å². The topological polar surface area (TPSA) is 39.2 Å². The molecule has 2 rings (SSSR count). The Hall–Kier alpha value is -1.20. The molecule has 0 spiro atoms. The van der Waals surface area contributed by atoms with Gasteiger partial charge in [-0.25, -0.2) is 9.78 Å². The highest BCUT2D eigenvalue weighted by Gasteiger charge is 2.13. The van der Waals surface area contributed by atoms with Crippen LogP contribution in [0.3, 0.4) is 0 Å². The molecule has 0 fully saturated rings. The van der Waals surface area contributed by atoms with Crippen molar-refractivity contribution in [2.75, 3.05) is 7.11 Å². The second-order valence-corrected chi connectivity index (χ2v) is 5.32. The summed E-state index contributed by atoms with van der Waals surface area (Å²) in [7, 11) is 1.37. The first-order valence-electron chi connectivity index (χ1n) is 4.93. The van der Waals surface area contributed by atoms with Gasteiger partial charge in [-0.2, -0.15) is 0 Å². The van der Waals surface area contributed by atoms with Crippen molar-refractivity contribution in [3.63, 3.8) is 0 Å². The number of carbonyl (C=O) groups excluding carboxylic acids is 1. The van der Waals surface area contributed by atoms with Crippen LogP contribution in [0.1, 0.15) is 15.2 Å². The van der Waals surface area contributed by atoms with Crippen molar-refractivity contribution in [3.05, 3.63) is 39.3 Å². The van der Waals surface area contributed by atoms with E-state index in [1.54, 1.807) is 6.20 Å². The molecule has 3 nitrogen and oxygen atoms in total. The fourth-order valence-corrected chi connectivity index (χ4v) is 2.72. The average Bonchev–Trinajstić information content (AvgIpc) is 2.81. The van der Waals surface area contributed by atoms with Crippen LogP contribution in [0.5, 0.6) is 0 Å². The molecule has 5 heteroatoms. The van der Waals surface area contributed by atoms with E-state index in [0.717, 1.165) is 20.6 Å². The summed E-state index contributed by atoms with van der Waals surface area (Å²) in [6.07, 6.45) is 1.55. The Bertz CT molecular complexity index is 565. The summed E-state index contributed by atoms with van der Waals surface area (Å²) in [5, 5.41) is 0.823. The summed E-state index contributed by atoms with van der Waals surface area (Å²) in [4.78, 5) is 16.1. The number of carbonyl (C=O) groups is 1. The number of benzene rings is 1. The minimum Gasteiger partial charge on any atom is -0.465 e. The molecule has 0 aliphatic heterocycles. The Morgan fingerprint density at radius 2 is 2.24 bits per heavy atom. The summed E-state index contributed by atoms with van der Waals surface area (Å²) in [6.45, 7) is 2.01. The molecular formula is C12H10BrNO2S. The lowest BCUT2D eigenvalue weighted by molar-refractivity contribution is 0.0606. The number of methoxy groups -OCH3 is 1. The molecule has 0 amide bonds. The van der Waals surface area contributed by atoms with Gasteiger partial charge in [0.25, 0.3) is 0 Å². The van der Waals surface area contributed by atoms with Gasteiger partial charge in [-0.1, -0.05) is 28.1 Å². The van der Waals surface area contributed by atoms with Crippen LogP contribution in [-0.4, -0.2) is 18.1 Å². The number of halogens is 1. The largest absolute Gasteiger partial charge is 0.465 e. The maximum Gasteiger partial charge on any atom is 0.349 e. The van der Waals surface area contributed by atoms with E-state index in [1.165, 1.54) is 18.4 Å². The first-order valence-corrected chi connectivity index (χ1v) is 6.54. The normalized spacial score (nSPS) is 10.3. The second-order valence-electron chi connectivity index (χ2n) is 3.43. The van der Waals surface area contributed by atoms with Crippen molar-refractivity contribution < 1.29 is 9.53 Å². The molecule has 0 atom stereocenters. The summed E-state index contributed by atoms with van der Waals surface area (Å²) in [5.41, 5.74) is 2.14. The first kappa shape index (κ1) is 12.3. The van der Waals surface area contributed by atoms with E-state index in [9.17, 15) is 4.79 Å². The Balaban J connectivity index is 2.44. The molecule has 0 bridgehead atoms.